The number of aliphatic hydroxyl groups is 2. The Kier molecular flexibility index (Phi) is 10.4. The van der Waals surface area contributed by atoms with Crippen LogP contribution in [0.2, 0.25) is 0 Å². The van der Waals surface area contributed by atoms with Crippen molar-refractivity contribution >= 4 is 31.2 Å². The van der Waals surface area contributed by atoms with E-state index < -0.39 is 81.9 Å². The molecule has 3 rings (SSSR count). The quantitative estimate of drug-likeness (QED) is 0.175. The summed E-state index contributed by atoms with van der Waals surface area (Å²) in [6, 6.07) is 1.49. The Bertz CT molecular complexity index is 1350. The molecule has 1 saturated heterocycles. The van der Waals surface area contributed by atoms with Crippen LogP contribution in [0.25, 0.3) is 11.0 Å². The Balaban J connectivity index is 1.77. The van der Waals surface area contributed by atoms with Crippen molar-refractivity contribution in [1.29, 1.82) is 0 Å². The highest BCUT2D eigenvalue weighted by atomic mass is 31.2. The van der Waals surface area contributed by atoms with Crippen LogP contribution in [0.1, 0.15) is 46.5 Å². The number of ether oxygens (including phenoxy) is 5. The lowest BCUT2D eigenvalue weighted by atomic mass is 9.95. The van der Waals surface area contributed by atoms with Gasteiger partial charge in [0.05, 0.1) is 24.1 Å². The average Bonchev–Trinajstić information content (AvgIpc) is 3.35. The van der Waals surface area contributed by atoms with Crippen molar-refractivity contribution in [1.82, 2.24) is 14.5 Å². The Morgan fingerprint density at radius 3 is 2.21 bits per heavy atom. The molecule has 1 aliphatic heterocycles. The zero-order valence-corrected chi connectivity index (χ0v) is 24.5. The van der Waals surface area contributed by atoms with Crippen molar-refractivity contribution in [2.75, 3.05) is 20.2 Å². The van der Waals surface area contributed by atoms with Gasteiger partial charge in [-0.3, -0.25) is 9.32 Å². The van der Waals surface area contributed by atoms with Gasteiger partial charge in [0, 0.05) is 5.69 Å². The van der Waals surface area contributed by atoms with Crippen molar-refractivity contribution in [3.63, 3.8) is 0 Å². The maximum absolute atomic E-state index is 16.0. The monoisotopic (exact) mass is 625 g/mol. The minimum atomic E-state index is -4.94. The van der Waals surface area contributed by atoms with Crippen LogP contribution in [0.4, 0.5) is 14.0 Å². The minimum absolute atomic E-state index is 0.0413. The third-order valence-corrected chi connectivity index (χ3v) is 6.88. The van der Waals surface area contributed by atoms with Crippen LogP contribution >= 0.6 is 7.82 Å². The van der Waals surface area contributed by atoms with E-state index in [4.69, 9.17) is 27.8 Å². The number of alkyl halides is 1. The molecule has 0 unspecified atom stereocenters. The zero-order chi connectivity index (χ0) is 31.5. The third-order valence-electron chi connectivity index (χ3n) is 5.59. The van der Waals surface area contributed by atoms with Gasteiger partial charge in [-0.2, -0.15) is 0 Å². The number of H-pyrrole nitrogens is 1. The fraction of sp³-hybridized carbons (Fsp3) is 0.652. The summed E-state index contributed by atoms with van der Waals surface area (Å²) in [6.07, 6.45) is -6.39. The topological polar surface area (TPSA) is 216 Å². The number of imidazole rings is 1. The molecule has 0 amide bonds. The van der Waals surface area contributed by atoms with Gasteiger partial charge in [-0.15, -0.1) is 0 Å². The maximum Gasteiger partial charge on any atom is 0.510 e. The second-order valence-electron chi connectivity index (χ2n) is 9.89. The summed E-state index contributed by atoms with van der Waals surface area (Å²) in [5.74, 6) is -3.25. The fourth-order valence-corrected chi connectivity index (χ4v) is 4.68. The SMILES string of the molecule is Cc1cc2c(ncn2[C@@H]2O[C@](F)(COP(=O)(OCOC(=O)OC(C)C)OCOC(=O)OC(C)C)[C@@H](O)[C@@]2(C)O)c(=O)[nH]1. The number of carbonyl (C=O) groups excluding carboxylic acids is 2. The molecule has 3 heterocycles. The number of hydrogen-bond acceptors (Lipinski definition) is 15. The van der Waals surface area contributed by atoms with Crippen LogP contribution in [0.5, 0.6) is 0 Å². The van der Waals surface area contributed by atoms with E-state index in [-0.39, 0.29) is 11.0 Å². The second kappa shape index (κ2) is 13.0. The third kappa shape index (κ3) is 7.83. The number of aliphatic hydroxyl groups excluding tert-OH is 1. The van der Waals surface area contributed by atoms with E-state index in [0.717, 1.165) is 17.8 Å². The second-order valence-corrected chi connectivity index (χ2v) is 11.6. The molecule has 1 fully saturated rings. The lowest BCUT2D eigenvalue weighted by molar-refractivity contribution is -0.205. The molecule has 0 saturated carbocycles. The first-order valence-corrected chi connectivity index (χ1v) is 14.0. The summed E-state index contributed by atoms with van der Waals surface area (Å²) in [6.45, 7) is 5.27. The molecule has 236 valence electrons. The number of phosphoric acid groups is 1. The Morgan fingerprint density at radius 2 is 1.69 bits per heavy atom. The molecule has 2 aromatic rings. The van der Waals surface area contributed by atoms with E-state index in [1.54, 1.807) is 6.92 Å². The highest BCUT2D eigenvalue weighted by Crippen LogP contribution is 2.53. The molecule has 1 aliphatic rings. The molecule has 0 spiro atoms. The number of nitrogens with one attached hydrogen (secondary N) is 1. The van der Waals surface area contributed by atoms with Gasteiger partial charge in [0.25, 0.3) is 11.4 Å². The molecular weight excluding hydrogens is 592 g/mol. The van der Waals surface area contributed by atoms with Crippen molar-refractivity contribution in [3.8, 4) is 0 Å². The number of rotatable bonds is 12. The van der Waals surface area contributed by atoms with Crippen molar-refractivity contribution in [2.45, 2.75) is 77.5 Å². The maximum atomic E-state index is 16.0. The van der Waals surface area contributed by atoms with E-state index in [0.29, 0.717) is 5.69 Å². The molecule has 2 aromatic heterocycles. The molecule has 17 nitrogen and oxygen atoms in total. The lowest BCUT2D eigenvalue weighted by Gasteiger charge is -2.28. The van der Waals surface area contributed by atoms with Gasteiger partial charge >= 0.3 is 20.1 Å². The highest BCUT2D eigenvalue weighted by Gasteiger charge is 2.63. The van der Waals surface area contributed by atoms with Crippen LogP contribution in [-0.2, 0) is 41.8 Å². The smallest absolute Gasteiger partial charge is 0.432 e. The summed E-state index contributed by atoms with van der Waals surface area (Å²) in [5, 5.41) is 21.7. The number of carbonyl (C=O) groups is 2. The van der Waals surface area contributed by atoms with E-state index in [1.165, 1.54) is 33.8 Å². The van der Waals surface area contributed by atoms with E-state index in [9.17, 15) is 29.2 Å². The van der Waals surface area contributed by atoms with Crippen LogP contribution < -0.4 is 5.56 Å². The number of aromatic amines is 1. The molecule has 19 heteroatoms. The number of phosphoric ester groups is 1. The molecular formula is C23H33FN3O14P. The van der Waals surface area contributed by atoms with Crippen molar-refractivity contribution < 1.29 is 66.0 Å². The van der Waals surface area contributed by atoms with Gasteiger partial charge in [-0.1, -0.05) is 0 Å². The van der Waals surface area contributed by atoms with E-state index >= 15 is 4.39 Å². The summed E-state index contributed by atoms with van der Waals surface area (Å²) in [4.78, 5) is 42.0. The number of halogens is 1. The molecule has 0 aliphatic carbocycles. The number of pyridine rings is 1. The number of nitrogens with zero attached hydrogens (tertiary/aromatic N) is 2. The molecule has 0 radical (unpaired) electrons. The van der Waals surface area contributed by atoms with E-state index in [2.05, 4.69) is 19.4 Å². The lowest BCUT2D eigenvalue weighted by Crippen LogP contribution is -2.49. The highest BCUT2D eigenvalue weighted by molar-refractivity contribution is 7.48. The van der Waals surface area contributed by atoms with Crippen LogP contribution in [0.15, 0.2) is 17.2 Å². The normalized spacial score (nSPS) is 24.4. The number of hydrogen-bond donors (Lipinski definition) is 3. The van der Waals surface area contributed by atoms with Crippen LogP contribution in [0.3, 0.4) is 0 Å². The first-order valence-electron chi connectivity index (χ1n) is 12.5. The molecule has 42 heavy (non-hydrogen) atoms. The van der Waals surface area contributed by atoms with Gasteiger partial charge in [-0.05, 0) is 47.6 Å². The average molecular weight is 625 g/mol. The van der Waals surface area contributed by atoms with Crippen molar-refractivity contribution in [2.24, 2.45) is 0 Å². The van der Waals surface area contributed by atoms with Gasteiger partial charge in [0.2, 0.25) is 13.6 Å². The summed E-state index contributed by atoms with van der Waals surface area (Å²) >= 11 is 0. The molecule has 0 aromatic carbocycles. The number of fused-ring (bicyclic) bond motifs is 1. The van der Waals surface area contributed by atoms with E-state index in [1.807, 2.05) is 0 Å². The Morgan fingerprint density at radius 1 is 1.14 bits per heavy atom. The zero-order valence-electron chi connectivity index (χ0n) is 23.6. The predicted molar refractivity (Wildman–Crippen MR) is 137 cm³/mol. The molecule has 0 bridgehead atoms. The van der Waals surface area contributed by atoms with Gasteiger partial charge in [-0.25, -0.2) is 32.6 Å². The van der Waals surface area contributed by atoms with Crippen LogP contribution in [0, 0.1) is 6.92 Å². The first kappa shape index (κ1) is 33.4. The predicted octanol–water partition coefficient (Wildman–Crippen LogP) is 2.54. The molecule has 3 N–H and O–H groups in total. The Hall–Kier alpha value is -3.12. The fourth-order valence-electron chi connectivity index (χ4n) is 3.76. The van der Waals surface area contributed by atoms with Gasteiger partial charge in [0.15, 0.2) is 11.7 Å². The van der Waals surface area contributed by atoms with Crippen LogP contribution in [-0.4, -0.2) is 87.0 Å². The summed E-state index contributed by atoms with van der Waals surface area (Å²) in [5.41, 5.74) is -2.35. The summed E-state index contributed by atoms with van der Waals surface area (Å²) < 4.78 is 69.1. The summed E-state index contributed by atoms with van der Waals surface area (Å²) in [7, 11) is -4.94. The first-order chi connectivity index (χ1) is 19.5. The van der Waals surface area contributed by atoms with Gasteiger partial charge in [0.1, 0.15) is 18.3 Å². The Labute approximate surface area is 238 Å². The van der Waals surface area contributed by atoms with Gasteiger partial charge < -0.3 is 43.4 Å². The largest absolute Gasteiger partial charge is 0.510 e. The molecule has 4 atom stereocenters. The van der Waals surface area contributed by atoms with Crippen molar-refractivity contribution in [3.05, 3.63) is 28.4 Å². The minimum Gasteiger partial charge on any atom is -0.432 e. The number of aryl methyl sites for hydroxylation is 1. The standard InChI is InChI=1S/C23H33FN3O14P/c1-12(2)39-20(30)34-10-37-42(33,38-11-35-21(31)40-13(3)4)36-8-23(24)18(29)22(6,32)19(41-23)27-9-25-16-15(27)7-14(5)26-17(16)28/h7,9,12-13,18-19,29,32H,8,10-11H2,1-6H3,(H,26,28)/t18-,19+,22+,23+/m0/s1. The number of aromatic nitrogens is 3.